The van der Waals surface area contributed by atoms with Crippen LogP contribution in [0.25, 0.3) is 0 Å². The number of para-hydroxylation sites is 1. The first-order valence-corrected chi connectivity index (χ1v) is 8.88. The summed E-state index contributed by atoms with van der Waals surface area (Å²) in [7, 11) is 1.40. The Kier molecular flexibility index (Phi) is 3.93. The van der Waals surface area contributed by atoms with E-state index in [1.54, 1.807) is 0 Å². The van der Waals surface area contributed by atoms with Gasteiger partial charge in [-0.3, -0.25) is 0 Å². The lowest BCUT2D eigenvalue weighted by Gasteiger charge is -2.38. The van der Waals surface area contributed by atoms with Crippen molar-refractivity contribution < 1.29 is 9.53 Å². The Morgan fingerprint density at radius 1 is 1.21 bits per heavy atom. The van der Waals surface area contributed by atoms with Crippen molar-refractivity contribution in [1.29, 1.82) is 0 Å². The molecule has 3 nitrogen and oxygen atoms in total. The Balaban J connectivity index is 1.71. The molecule has 2 aromatic rings. The minimum atomic E-state index is -0.299. The van der Waals surface area contributed by atoms with Gasteiger partial charge in [0.1, 0.15) is 0 Å². The fourth-order valence-corrected chi connectivity index (χ4v) is 4.35. The van der Waals surface area contributed by atoms with Crippen LogP contribution in [-0.2, 0) is 4.74 Å². The van der Waals surface area contributed by atoms with Crippen LogP contribution in [0, 0.1) is 5.92 Å². The molecule has 2 aliphatic rings. The fraction of sp³-hybridized carbons (Fsp3) is 0.250. The highest BCUT2D eigenvalue weighted by Crippen LogP contribution is 2.51. The van der Waals surface area contributed by atoms with Crippen molar-refractivity contribution in [2.75, 3.05) is 12.4 Å². The number of carbonyl (C=O) groups is 1. The van der Waals surface area contributed by atoms with Gasteiger partial charge >= 0.3 is 5.97 Å². The molecule has 0 radical (unpaired) electrons. The molecule has 1 heterocycles. The summed E-state index contributed by atoms with van der Waals surface area (Å²) in [5.74, 6) is 0.631. The number of rotatable bonds is 2. The fourth-order valence-electron chi connectivity index (χ4n) is 3.86. The molecule has 0 saturated heterocycles. The third-order valence-corrected chi connectivity index (χ3v) is 5.70. The van der Waals surface area contributed by atoms with Crippen molar-refractivity contribution >= 4 is 27.6 Å². The van der Waals surface area contributed by atoms with E-state index in [-0.39, 0.29) is 12.0 Å². The molecule has 1 aliphatic carbocycles. The number of hydrogen-bond donors (Lipinski definition) is 1. The van der Waals surface area contributed by atoms with E-state index < -0.39 is 0 Å². The number of carbonyl (C=O) groups excluding carboxylic acids is 1. The molecular formula is C20H18BrNO2. The average Bonchev–Trinajstić information content (AvgIpc) is 3.11. The van der Waals surface area contributed by atoms with Crippen molar-refractivity contribution in [2.24, 2.45) is 5.92 Å². The van der Waals surface area contributed by atoms with Crippen molar-refractivity contribution in [3.05, 3.63) is 75.8 Å². The Morgan fingerprint density at radius 2 is 2.00 bits per heavy atom. The number of methoxy groups -OCH3 is 1. The van der Waals surface area contributed by atoms with Gasteiger partial charge < -0.3 is 10.1 Å². The van der Waals surface area contributed by atoms with Crippen LogP contribution in [-0.4, -0.2) is 13.1 Å². The predicted octanol–water partition coefficient (Wildman–Crippen LogP) is 5.06. The summed E-state index contributed by atoms with van der Waals surface area (Å²) < 4.78 is 5.87. The van der Waals surface area contributed by atoms with E-state index in [2.05, 4.69) is 51.6 Å². The number of benzene rings is 2. The van der Waals surface area contributed by atoms with Gasteiger partial charge in [0.25, 0.3) is 0 Å². The number of fused-ring (bicyclic) bond motifs is 3. The molecule has 1 N–H and O–H groups in total. The van der Waals surface area contributed by atoms with Crippen molar-refractivity contribution in [1.82, 2.24) is 0 Å². The molecule has 3 atom stereocenters. The number of nitrogens with one attached hydrogen (secondary N) is 1. The molecule has 2 aromatic carbocycles. The van der Waals surface area contributed by atoms with Crippen LogP contribution in [0.4, 0.5) is 5.69 Å². The molecular weight excluding hydrogens is 366 g/mol. The minimum absolute atomic E-state index is 0.225. The number of allylic oxidation sites excluding steroid dienone is 2. The molecule has 0 saturated carbocycles. The summed E-state index contributed by atoms with van der Waals surface area (Å²) in [5.41, 5.74) is 4.31. The monoisotopic (exact) mass is 383 g/mol. The van der Waals surface area contributed by atoms with E-state index >= 15 is 0 Å². The summed E-state index contributed by atoms with van der Waals surface area (Å²) in [6, 6.07) is 14.3. The number of esters is 1. The second-order valence-electron chi connectivity index (χ2n) is 6.29. The third kappa shape index (κ3) is 2.46. The number of anilines is 1. The molecule has 24 heavy (non-hydrogen) atoms. The van der Waals surface area contributed by atoms with Gasteiger partial charge in [-0.25, -0.2) is 4.79 Å². The van der Waals surface area contributed by atoms with Crippen molar-refractivity contribution in [3.63, 3.8) is 0 Å². The summed E-state index contributed by atoms with van der Waals surface area (Å²) in [5, 5.41) is 3.71. The van der Waals surface area contributed by atoms with Gasteiger partial charge in [0.05, 0.1) is 24.4 Å². The summed E-state index contributed by atoms with van der Waals surface area (Å²) >= 11 is 3.67. The lowest BCUT2D eigenvalue weighted by Crippen LogP contribution is -2.29. The molecule has 0 aromatic heterocycles. The number of ether oxygens (including phenoxy) is 1. The maximum Gasteiger partial charge on any atom is 0.337 e. The molecule has 4 rings (SSSR count). The Morgan fingerprint density at radius 3 is 2.75 bits per heavy atom. The maximum absolute atomic E-state index is 11.6. The van der Waals surface area contributed by atoms with Crippen LogP contribution in [0.15, 0.2) is 59.1 Å². The van der Waals surface area contributed by atoms with Crippen molar-refractivity contribution in [3.8, 4) is 0 Å². The summed E-state index contributed by atoms with van der Waals surface area (Å²) in [6.07, 6.45) is 5.67. The first-order chi connectivity index (χ1) is 11.7. The standard InChI is InChI=1S/C20H18BrNO2/c1-24-20(23)13-10-8-12(9-11-13)18-15-5-2-4-14(15)16-6-3-7-17(21)19(16)22-18/h2-4,6-11,14-15,18,22H,5H2,1H3/t14-,15-,18+/m1/s1. The molecule has 0 fully saturated rings. The van der Waals surface area contributed by atoms with Crippen LogP contribution in [0.1, 0.15) is 39.9 Å². The largest absolute Gasteiger partial charge is 0.465 e. The molecule has 0 unspecified atom stereocenters. The third-order valence-electron chi connectivity index (χ3n) is 5.04. The molecule has 0 bridgehead atoms. The zero-order valence-corrected chi connectivity index (χ0v) is 14.9. The van der Waals surface area contributed by atoms with Gasteiger partial charge in [-0.05, 0) is 57.6 Å². The van der Waals surface area contributed by atoms with E-state index in [4.69, 9.17) is 4.74 Å². The average molecular weight is 384 g/mol. The molecule has 122 valence electrons. The molecule has 0 spiro atoms. The number of hydrogen-bond acceptors (Lipinski definition) is 3. The Hall–Kier alpha value is -2.07. The van der Waals surface area contributed by atoms with Crippen LogP contribution < -0.4 is 5.32 Å². The van der Waals surface area contributed by atoms with Gasteiger partial charge in [0.15, 0.2) is 0 Å². The normalized spacial score (nSPS) is 24.0. The van der Waals surface area contributed by atoms with Crippen LogP contribution in [0.3, 0.4) is 0 Å². The predicted molar refractivity (Wildman–Crippen MR) is 98.3 cm³/mol. The second kappa shape index (κ2) is 6.10. The van der Waals surface area contributed by atoms with Crippen LogP contribution >= 0.6 is 15.9 Å². The van der Waals surface area contributed by atoms with Crippen molar-refractivity contribution in [2.45, 2.75) is 18.4 Å². The molecule has 4 heteroatoms. The zero-order chi connectivity index (χ0) is 16.7. The highest BCUT2D eigenvalue weighted by molar-refractivity contribution is 9.10. The highest BCUT2D eigenvalue weighted by Gasteiger charge is 2.38. The molecule has 0 amide bonds. The zero-order valence-electron chi connectivity index (χ0n) is 13.3. The lowest BCUT2D eigenvalue weighted by atomic mass is 9.77. The van der Waals surface area contributed by atoms with E-state index in [1.165, 1.54) is 23.9 Å². The second-order valence-corrected chi connectivity index (χ2v) is 7.15. The Bertz CT molecular complexity index is 813. The van der Waals surface area contributed by atoms with Gasteiger partial charge in [0.2, 0.25) is 0 Å². The highest BCUT2D eigenvalue weighted by atomic mass is 79.9. The van der Waals surface area contributed by atoms with E-state index in [9.17, 15) is 4.79 Å². The van der Waals surface area contributed by atoms with Gasteiger partial charge in [-0.1, -0.05) is 36.4 Å². The van der Waals surface area contributed by atoms with Gasteiger partial charge in [-0.2, -0.15) is 0 Å². The van der Waals surface area contributed by atoms with Crippen LogP contribution in [0.2, 0.25) is 0 Å². The van der Waals surface area contributed by atoms with Crippen LogP contribution in [0.5, 0.6) is 0 Å². The van der Waals surface area contributed by atoms with E-state index in [1.807, 2.05) is 24.3 Å². The van der Waals surface area contributed by atoms with E-state index in [0.29, 0.717) is 17.4 Å². The molecule has 1 aliphatic heterocycles. The van der Waals surface area contributed by atoms with Gasteiger partial charge in [0, 0.05) is 10.4 Å². The SMILES string of the molecule is COC(=O)c1ccc([C@@H]2Nc3c(Br)cccc3[C@@H]3C=CC[C@H]32)cc1. The lowest BCUT2D eigenvalue weighted by molar-refractivity contribution is 0.0600. The topological polar surface area (TPSA) is 38.3 Å². The first-order valence-electron chi connectivity index (χ1n) is 8.09. The smallest absolute Gasteiger partial charge is 0.337 e. The van der Waals surface area contributed by atoms with Gasteiger partial charge in [-0.15, -0.1) is 0 Å². The maximum atomic E-state index is 11.6. The minimum Gasteiger partial charge on any atom is -0.465 e. The first kappa shape index (κ1) is 15.5. The Labute approximate surface area is 149 Å². The summed E-state index contributed by atoms with van der Waals surface area (Å²) in [4.78, 5) is 11.6. The quantitative estimate of drug-likeness (QED) is 0.581. The summed E-state index contributed by atoms with van der Waals surface area (Å²) in [6.45, 7) is 0. The van der Waals surface area contributed by atoms with E-state index in [0.717, 1.165) is 10.9 Å². The number of halogens is 1.